The number of hydrogen-bond donors (Lipinski definition) is 1. The molecule has 1 aromatic carbocycles. The molecule has 0 saturated heterocycles. The highest BCUT2D eigenvalue weighted by molar-refractivity contribution is 7.09. The summed E-state index contributed by atoms with van der Waals surface area (Å²) < 4.78 is 18.8. The number of nitrogens with zero attached hydrogens (tertiary/aromatic N) is 1. The van der Waals surface area contributed by atoms with E-state index in [-0.39, 0.29) is 24.2 Å². The minimum absolute atomic E-state index is 0.0911. The third-order valence-corrected chi connectivity index (χ3v) is 3.91. The molecule has 0 aliphatic heterocycles. The van der Waals surface area contributed by atoms with Crippen LogP contribution in [0.3, 0.4) is 0 Å². The lowest BCUT2D eigenvalue weighted by atomic mass is 10.2. The summed E-state index contributed by atoms with van der Waals surface area (Å²) >= 11 is 1.53. The third-order valence-electron chi connectivity index (χ3n) is 3.09. The van der Waals surface area contributed by atoms with Gasteiger partial charge in [0.25, 0.3) is 0 Å². The van der Waals surface area contributed by atoms with Crippen LogP contribution in [0.15, 0.2) is 29.6 Å². The molecule has 0 spiro atoms. The van der Waals surface area contributed by atoms with Crippen LogP contribution >= 0.6 is 11.3 Å². The maximum atomic E-state index is 13.1. The SMILES string of the molecule is CC[C@@H](CNC(=O)Cc1csc(C)n1)Oc1cccc(F)c1. The van der Waals surface area contributed by atoms with E-state index >= 15 is 0 Å². The first-order valence-corrected chi connectivity index (χ1v) is 8.04. The summed E-state index contributed by atoms with van der Waals surface area (Å²) in [5, 5.41) is 5.67. The van der Waals surface area contributed by atoms with Crippen molar-refractivity contribution < 1.29 is 13.9 Å². The van der Waals surface area contributed by atoms with Gasteiger partial charge in [0.2, 0.25) is 5.91 Å². The second-order valence-electron chi connectivity index (χ2n) is 4.94. The standard InChI is InChI=1S/C16H19FN2O2S/c1-3-14(21-15-6-4-5-12(17)7-15)9-18-16(20)8-13-10-22-11(2)19-13/h4-7,10,14H,3,8-9H2,1-2H3,(H,18,20)/t14-/m0/s1. The molecule has 1 amide bonds. The van der Waals surface area contributed by atoms with Gasteiger partial charge in [-0.3, -0.25) is 4.79 Å². The monoisotopic (exact) mass is 322 g/mol. The van der Waals surface area contributed by atoms with Crippen LogP contribution in [0, 0.1) is 12.7 Å². The summed E-state index contributed by atoms with van der Waals surface area (Å²) in [5.41, 5.74) is 0.777. The van der Waals surface area contributed by atoms with Crippen molar-refractivity contribution >= 4 is 17.2 Å². The summed E-state index contributed by atoms with van der Waals surface area (Å²) in [7, 11) is 0. The average Bonchev–Trinajstić information content (AvgIpc) is 2.88. The van der Waals surface area contributed by atoms with Gasteiger partial charge in [0.1, 0.15) is 17.7 Å². The summed E-state index contributed by atoms with van der Waals surface area (Å²) in [4.78, 5) is 16.1. The molecule has 1 N–H and O–H groups in total. The summed E-state index contributed by atoms with van der Waals surface area (Å²) in [6, 6.07) is 6.00. The Labute approximate surface area is 133 Å². The predicted molar refractivity (Wildman–Crippen MR) is 84.7 cm³/mol. The van der Waals surface area contributed by atoms with Gasteiger partial charge in [-0.25, -0.2) is 9.37 Å². The summed E-state index contributed by atoms with van der Waals surface area (Å²) in [5.74, 6) is 0.0399. The predicted octanol–water partition coefficient (Wildman–Crippen LogP) is 3.11. The number of rotatable bonds is 7. The number of thiazole rings is 1. The average molecular weight is 322 g/mol. The fourth-order valence-corrected chi connectivity index (χ4v) is 2.56. The summed E-state index contributed by atoms with van der Waals surface area (Å²) in [6.07, 6.45) is 0.788. The fourth-order valence-electron chi connectivity index (χ4n) is 1.95. The van der Waals surface area contributed by atoms with Gasteiger partial charge in [-0.1, -0.05) is 13.0 Å². The molecule has 2 aromatic rings. The Hall–Kier alpha value is -1.95. The lowest BCUT2D eigenvalue weighted by molar-refractivity contribution is -0.120. The van der Waals surface area contributed by atoms with Crippen LogP contribution in [0.4, 0.5) is 4.39 Å². The Morgan fingerprint density at radius 2 is 2.32 bits per heavy atom. The number of aryl methyl sites for hydroxylation is 1. The number of hydrogen-bond acceptors (Lipinski definition) is 4. The van der Waals surface area contributed by atoms with Crippen LogP contribution < -0.4 is 10.1 Å². The van der Waals surface area contributed by atoms with Crippen molar-refractivity contribution in [2.45, 2.75) is 32.8 Å². The highest BCUT2D eigenvalue weighted by Crippen LogP contribution is 2.15. The number of carbonyl (C=O) groups is 1. The Balaban J connectivity index is 1.81. The van der Waals surface area contributed by atoms with E-state index in [9.17, 15) is 9.18 Å². The van der Waals surface area contributed by atoms with Gasteiger partial charge < -0.3 is 10.1 Å². The van der Waals surface area contributed by atoms with Crippen LogP contribution in [0.1, 0.15) is 24.0 Å². The van der Waals surface area contributed by atoms with Crippen LogP contribution in [-0.2, 0) is 11.2 Å². The van der Waals surface area contributed by atoms with Gasteiger partial charge in [-0.05, 0) is 25.5 Å². The maximum absolute atomic E-state index is 13.1. The quantitative estimate of drug-likeness (QED) is 0.852. The van der Waals surface area contributed by atoms with Gasteiger partial charge >= 0.3 is 0 Å². The fraction of sp³-hybridized carbons (Fsp3) is 0.375. The molecule has 0 unspecified atom stereocenters. The van der Waals surface area contributed by atoms with Gasteiger partial charge in [0.15, 0.2) is 0 Å². The molecule has 118 valence electrons. The van der Waals surface area contributed by atoms with E-state index < -0.39 is 0 Å². The number of ether oxygens (including phenoxy) is 1. The molecule has 1 heterocycles. The van der Waals surface area contributed by atoms with Gasteiger partial charge in [0.05, 0.1) is 23.7 Å². The number of carbonyl (C=O) groups excluding carboxylic acids is 1. The molecule has 0 aliphatic carbocycles. The maximum Gasteiger partial charge on any atom is 0.226 e. The zero-order chi connectivity index (χ0) is 15.9. The van der Waals surface area contributed by atoms with Crippen molar-refractivity contribution in [1.82, 2.24) is 10.3 Å². The first-order valence-electron chi connectivity index (χ1n) is 7.16. The second-order valence-corrected chi connectivity index (χ2v) is 6.01. The van der Waals surface area contributed by atoms with Crippen LogP contribution in [0.25, 0.3) is 0 Å². The van der Waals surface area contributed by atoms with Crippen molar-refractivity contribution in [3.8, 4) is 5.75 Å². The molecule has 4 nitrogen and oxygen atoms in total. The Kier molecular flexibility index (Phi) is 5.89. The van der Waals surface area contributed by atoms with E-state index in [2.05, 4.69) is 10.3 Å². The number of halogens is 1. The van der Waals surface area contributed by atoms with Crippen LogP contribution in [-0.4, -0.2) is 23.5 Å². The largest absolute Gasteiger partial charge is 0.489 e. The molecule has 0 aliphatic rings. The topological polar surface area (TPSA) is 51.2 Å². The van der Waals surface area contributed by atoms with Crippen molar-refractivity contribution in [1.29, 1.82) is 0 Å². The minimum atomic E-state index is -0.338. The molecule has 0 fully saturated rings. The van der Waals surface area contributed by atoms with Crippen molar-refractivity contribution in [3.05, 3.63) is 46.2 Å². The van der Waals surface area contributed by atoms with Crippen molar-refractivity contribution in [2.75, 3.05) is 6.54 Å². The number of nitrogens with one attached hydrogen (secondary N) is 1. The zero-order valence-electron chi connectivity index (χ0n) is 12.6. The van der Waals surface area contributed by atoms with Crippen LogP contribution in [0.5, 0.6) is 5.75 Å². The van der Waals surface area contributed by atoms with Gasteiger partial charge in [-0.2, -0.15) is 0 Å². The Bertz CT molecular complexity index is 630. The summed E-state index contributed by atoms with van der Waals surface area (Å²) in [6.45, 7) is 4.25. The highest BCUT2D eigenvalue weighted by Gasteiger charge is 2.12. The molecular formula is C16H19FN2O2S. The van der Waals surface area contributed by atoms with E-state index in [4.69, 9.17) is 4.74 Å². The van der Waals surface area contributed by atoms with E-state index in [1.807, 2.05) is 19.2 Å². The van der Waals surface area contributed by atoms with E-state index in [0.717, 1.165) is 10.7 Å². The zero-order valence-corrected chi connectivity index (χ0v) is 13.5. The number of amides is 1. The third kappa shape index (κ3) is 5.11. The molecule has 2 rings (SSSR count). The lowest BCUT2D eigenvalue weighted by Crippen LogP contribution is -2.35. The van der Waals surface area contributed by atoms with Gasteiger partial charge in [0, 0.05) is 11.4 Å². The van der Waals surface area contributed by atoms with E-state index in [1.54, 1.807) is 12.1 Å². The minimum Gasteiger partial charge on any atom is -0.489 e. The first-order chi connectivity index (χ1) is 10.6. The molecule has 1 aromatic heterocycles. The molecule has 1 atom stereocenters. The first kappa shape index (κ1) is 16.4. The van der Waals surface area contributed by atoms with Crippen molar-refractivity contribution in [3.63, 3.8) is 0 Å². The van der Waals surface area contributed by atoms with Crippen molar-refractivity contribution in [2.24, 2.45) is 0 Å². The normalized spacial score (nSPS) is 12.0. The van der Waals surface area contributed by atoms with E-state index in [0.29, 0.717) is 18.7 Å². The Morgan fingerprint density at radius 1 is 1.50 bits per heavy atom. The highest BCUT2D eigenvalue weighted by atomic mass is 32.1. The molecular weight excluding hydrogens is 303 g/mol. The number of benzene rings is 1. The Morgan fingerprint density at radius 3 is 2.95 bits per heavy atom. The lowest BCUT2D eigenvalue weighted by Gasteiger charge is -2.18. The molecule has 0 bridgehead atoms. The molecule has 6 heteroatoms. The molecule has 22 heavy (non-hydrogen) atoms. The van der Waals surface area contributed by atoms with Crippen LogP contribution in [0.2, 0.25) is 0 Å². The smallest absolute Gasteiger partial charge is 0.226 e. The molecule has 0 saturated carbocycles. The van der Waals surface area contributed by atoms with E-state index in [1.165, 1.54) is 23.5 Å². The van der Waals surface area contributed by atoms with Gasteiger partial charge in [-0.15, -0.1) is 11.3 Å². The second kappa shape index (κ2) is 7.89. The molecule has 0 radical (unpaired) electrons. The number of aromatic nitrogens is 1.